The van der Waals surface area contributed by atoms with Gasteiger partial charge in [0.05, 0.1) is 5.56 Å². The van der Waals surface area contributed by atoms with Crippen LogP contribution in [0.3, 0.4) is 0 Å². The Hall–Kier alpha value is 0.840. The van der Waals surface area contributed by atoms with Crippen molar-refractivity contribution in [1.29, 1.82) is 0 Å². The van der Waals surface area contributed by atoms with E-state index in [1.54, 1.807) is 0 Å². The molecule has 0 bridgehead atoms. The highest BCUT2D eigenvalue weighted by atomic mass is 127. The van der Waals surface area contributed by atoms with E-state index in [0.29, 0.717) is 11.5 Å². The molecule has 3 nitrogen and oxygen atoms in total. The lowest BCUT2D eigenvalue weighted by Crippen LogP contribution is -2.43. The van der Waals surface area contributed by atoms with Crippen LogP contribution < -0.4 is 0 Å². The van der Waals surface area contributed by atoms with E-state index in [1.165, 1.54) is 0 Å². The zero-order chi connectivity index (χ0) is 16.5. The monoisotopic (exact) mass is 639 g/mol. The molecule has 0 N–H and O–H groups in total. The lowest BCUT2D eigenvalue weighted by molar-refractivity contribution is -0.0435. The molecular formula is C16H20I3NO2. The molecule has 0 atom stereocenters. The molecule has 0 amide bonds. The molecule has 0 radical (unpaired) electrons. The molecule has 0 spiro atoms. The summed E-state index contributed by atoms with van der Waals surface area (Å²) in [4.78, 5) is 15.0. The van der Waals surface area contributed by atoms with Gasteiger partial charge in [0.25, 0.3) is 0 Å². The van der Waals surface area contributed by atoms with Gasteiger partial charge in [-0.1, -0.05) is 0 Å². The number of carbonyl (C=O) groups is 1. The molecule has 1 fully saturated rings. The molecule has 122 valence electrons. The minimum absolute atomic E-state index is 0.198. The van der Waals surface area contributed by atoms with Gasteiger partial charge in [0.1, 0.15) is 5.60 Å². The number of halogens is 3. The van der Waals surface area contributed by atoms with Gasteiger partial charge >= 0.3 is 5.97 Å². The molecule has 0 aromatic heterocycles. The predicted octanol–water partition coefficient (Wildman–Crippen LogP) is 4.78. The van der Waals surface area contributed by atoms with Crippen LogP contribution in [-0.4, -0.2) is 36.6 Å². The second kappa shape index (κ2) is 7.81. The first-order valence-corrected chi connectivity index (χ1v) is 10.5. The highest BCUT2D eigenvalue weighted by molar-refractivity contribution is 14.1. The number of benzene rings is 1. The van der Waals surface area contributed by atoms with Crippen LogP contribution in [0.4, 0.5) is 0 Å². The van der Waals surface area contributed by atoms with Gasteiger partial charge in [0, 0.05) is 16.6 Å². The van der Waals surface area contributed by atoms with Gasteiger partial charge in [-0.15, -0.1) is 0 Å². The minimum Gasteiger partial charge on any atom is -0.456 e. The van der Waals surface area contributed by atoms with Crippen LogP contribution in [-0.2, 0) is 4.74 Å². The largest absolute Gasteiger partial charge is 0.456 e. The van der Waals surface area contributed by atoms with Crippen molar-refractivity contribution < 1.29 is 9.53 Å². The molecule has 1 aliphatic rings. The Kier molecular flexibility index (Phi) is 6.81. The summed E-state index contributed by atoms with van der Waals surface area (Å²) in [6.07, 6.45) is 2.16. The van der Waals surface area contributed by atoms with Crippen molar-refractivity contribution in [3.8, 4) is 0 Å². The molecule has 0 unspecified atom stereocenters. The van der Waals surface area contributed by atoms with E-state index in [2.05, 4.69) is 93.6 Å². The summed E-state index contributed by atoms with van der Waals surface area (Å²) in [6.45, 7) is 6.25. The van der Waals surface area contributed by atoms with Crippen LogP contribution >= 0.6 is 67.8 Å². The zero-order valence-electron chi connectivity index (χ0n) is 13.0. The third kappa shape index (κ3) is 4.47. The number of hydrogen-bond acceptors (Lipinski definition) is 3. The molecule has 6 heteroatoms. The van der Waals surface area contributed by atoms with E-state index in [-0.39, 0.29) is 5.97 Å². The smallest absolute Gasteiger partial charge is 0.340 e. The molecule has 2 rings (SSSR count). The Labute approximate surface area is 173 Å². The Morgan fingerprint density at radius 1 is 1.18 bits per heavy atom. The van der Waals surface area contributed by atoms with Gasteiger partial charge in [0.15, 0.2) is 0 Å². The summed E-state index contributed by atoms with van der Waals surface area (Å²) in [5.74, 6) is 0.224. The summed E-state index contributed by atoms with van der Waals surface area (Å²) in [5.41, 5.74) is 0.278. The summed E-state index contributed by atoms with van der Waals surface area (Å²) < 4.78 is 8.96. The van der Waals surface area contributed by atoms with Crippen molar-refractivity contribution in [2.45, 2.75) is 32.3 Å². The normalized spacial score (nSPS) is 17.5. The maximum Gasteiger partial charge on any atom is 0.340 e. The van der Waals surface area contributed by atoms with Crippen LogP contribution in [0.2, 0.25) is 0 Å². The summed E-state index contributed by atoms with van der Waals surface area (Å²) in [7, 11) is 2.14. The third-order valence-electron chi connectivity index (χ3n) is 4.31. The van der Waals surface area contributed by atoms with Gasteiger partial charge in [0.2, 0.25) is 0 Å². The van der Waals surface area contributed by atoms with Crippen molar-refractivity contribution in [2.75, 3.05) is 20.1 Å². The fourth-order valence-corrected chi connectivity index (χ4v) is 5.12. The van der Waals surface area contributed by atoms with E-state index < -0.39 is 5.60 Å². The van der Waals surface area contributed by atoms with Gasteiger partial charge < -0.3 is 9.64 Å². The van der Waals surface area contributed by atoms with Crippen molar-refractivity contribution in [3.05, 3.63) is 28.4 Å². The number of hydrogen-bond donors (Lipinski definition) is 0. The Balaban J connectivity index is 2.16. The van der Waals surface area contributed by atoms with Crippen molar-refractivity contribution >= 4 is 73.7 Å². The van der Waals surface area contributed by atoms with E-state index >= 15 is 0 Å². The first-order valence-electron chi connectivity index (χ1n) is 7.27. The quantitative estimate of drug-likeness (QED) is 0.271. The lowest BCUT2D eigenvalue weighted by atomic mass is 9.83. The van der Waals surface area contributed by atoms with Crippen LogP contribution in [0.1, 0.15) is 37.0 Å². The number of likely N-dealkylation sites (tertiary alicyclic amines) is 1. The molecule has 1 aromatic carbocycles. The van der Waals surface area contributed by atoms with Crippen LogP contribution in [0, 0.1) is 16.6 Å². The SMILES string of the molecule is CN1CCC(C(C)(C)OC(=O)c2c(I)ccc(I)c2I)CC1. The standard InChI is InChI=1S/C16H20I3NO2/c1-16(2,10-6-8-20(3)9-7-10)22-15(21)13-11(17)4-5-12(18)14(13)19/h4-5,10H,6-9H2,1-3H3. The summed E-state index contributed by atoms with van der Waals surface area (Å²) in [5, 5.41) is 0. The molecule has 1 heterocycles. The van der Waals surface area contributed by atoms with E-state index in [9.17, 15) is 4.79 Å². The van der Waals surface area contributed by atoms with Crippen molar-refractivity contribution in [3.63, 3.8) is 0 Å². The summed E-state index contributed by atoms with van der Waals surface area (Å²) >= 11 is 6.70. The topological polar surface area (TPSA) is 29.5 Å². The molecule has 1 saturated heterocycles. The van der Waals surface area contributed by atoms with Gasteiger partial charge in [-0.05, 0) is 127 Å². The number of nitrogens with zero attached hydrogens (tertiary/aromatic N) is 1. The van der Waals surface area contributed by atoms with Crippen molar-refractivity contribution in [1.82, 2.24) is 4.90 Å². The second-order valence-electron chi connectivity index (χ2n) is 6.29. The number of ether oxygens (including phenoxy) is 1. The predicted molar refractivity (Wildman–Crippen MR) is 114 cm³/mol. The van der Waals surface area contributed by atoms with Crippen molar-refractivity contribution in [2.24, 2.45) is 5.92 Å². The molecule has 0 saturated carbocycles. The van der Waals surface area contributed by atoms with Gasteiger partial charge in [-0.25, -0.2) is 4.79 Å². The van der Waals surface area contributed by atoms with Crippen LogP contribution in [0.25, 0.3) is 0 Å². The van der Waals surface area contributed by atoms with Crippen LogP contribution in [0.5, 0.6) is 0 Å². The average molecular weight is 639 g/mol. The zero-order valence-corrected chi connectivity index (χ0v) is 19.4. The number of piperidine rings is 1. The Morgan fingerprint density at radius 3 is 2.32 bits per heavy atom. The maximum absolute atomic E-state index is 12.7. The third-order valence-corrected chi connectivity index (χ3v) is 8.26. The number of rotatable bonds is 3. The van der Waals surface area contributed by atoms with E-state index in [1.807, 2.05) is 12.1 Å². The Morgan fingerprint density at radius 2 is 1.73 bits per heavy atom. The van der Waals surface area contributed by atoms with E-state index in [4.69, 9.17) is 4.74 Å². The van der Waals surface area contributed by atoms with Gasteiger partial charge in [-0.2, -0.15) is 0 Å². The van der Waals surface area contributed by atoms with Crippen LogP contribution in [0.15, 0.2) is 12.1 Å². The second-order valence-corrected chi connectivity index (χ2v) is 9.69. The fraction of sp³-hybridized carbons (Fsp3) is 0.562. The lowest BCUT2D eigenvalue weighted by Gasteiger charge is -2.39. The molecule has 0 aliphatic carbocycles. The Bertz CT molecular complexity index is 567. The maximum atomic E-state index is 12.7. The first kappa shape index (κ1) is 19.2. The molecule has 22 heavy (non-hydrogen) atoms. The number of esters is 1. The molecule has 1 aliphatic heterocycles. The molecular weight excluding hydrogens is 619 g/mol. The fourth-order valence-electron chi connectivity index (χ4n) is 2.79. The van der Waals surface area contributed by atoms with Gasteiger partial charge in [-0.3, -0.25) is 0 Å². The minimum atomic E-state index is -0.425. The van der Waals surface area contributed by atoms with E-state index in [0.717, 1.165) is 36.6 Å². The highest BCUT2D eigenvalue weighted by Gasteiger charge is 2.36. The first-order chi connectivity index (χ1) is 10.2. The summed E-state index contributed by atoms with van der Waals surface area (Å²) in [6, 6.07) is 4.01. The molecule has 1 aromatic rings. The highest BCUT2D eigenvalue weighted by Crippen LogP contribution is 2.33. The number of carbonyl (C=O) groups excluding carboxylic acids is 1. The average Bonchev–Trinajstić information content (AvgIpc) is 2.43.